The molecular weight excluding hydrogens is 176 g/mol. The van der Waals surface area contributed by atoms with E-state index in [0.29, 0.717) is 5.88 Å². The Labute approximate surface area is 82.5 Å². The van der Waals surface area contributed by atoms with Crippen molar-refractivity contribution in [3.63, 3.8) is 0 Å². The van der Waals surface area contributed by atoms with Crippen LogP contribution in [0.4, 0.5) is 5.88 Å². The summed E-state index contributed by atoms with van der Waals surface area (Å²) in [4.78, 5) is 0. The lowest BCUT2D eigenvalue weighted by molar-refractivity contribution is 0.439. The summed E-state index contributed by atoms with van der Waals surface area (Å²) in [7, 11) is 0. The van der Waals surface area contributed by atoms with Crippen LogP contribution in [0.15, 0.2) is 28.8 Å². The van der Waals surface area contributed by atoms with Crippen LogP contribution in [0, 0.1) is 13.8 Å². The van der Waals surface area contributed by atoms with Crippen molar-refractivity contribution in [2.45, 2.75) is 13.8 Å². The Bertz CT molecular complexity index is 460. The van der Waals surface area contributed by atoms with Gasteiger partial charge in [-0.25, -0.2) is 0 Å². The third-order valence-electron chi connectivity index (χ3n) is 2.36. The first-order chi connectivity index (χ1) is 6.70. The first kappa shape index (κ1) is 8.81. The van der Waals surface area contributed by atoms with Crippen molar-refractivity contribution < 1.29 is 4.52 Å². The minimum atomic E-state index is 0.392. The van der Waals surface area contributed by atoms with E-state index >= 15 is 0 Å². The first-order valence-electron chi connectivity index (χ1n) is 4.48. The summed E-state index contributed by atoms with van der Waals surface area (Å²) in [6, 6.07) is 8.03. The highest BCUT2D eigenvalue weighted by molar-refractivity contribution is 5.69. The average molecular weight is 188 g/mol. The van der Waals surface area contributed by atoms with Crippen LogP contribution in [0.2, 0.25) is 0 Å². The number of nitrogens with two attached hydrogens (primary N) is 1. The highest BCUT2D eigenvalue weighted by Gasteiger charge is 2.12. The largest absolute Gasteiger partial charge is 0.367 e. The second kappa shape index (κ2) is 3.18. The van der Waals surface area contributed by atoms with E-state index in [1.54, 1.807) is 0 Å². The SMILES string of the molecule is Cc1ccccc1-c1noc(N)c1C. The van der Waals surface area contributed by atoms with Gasteiger partial charge < -0.3 is 10.3 Å². The number of aryl methyl sites for hydroxylation is 1. The van der Waals surface area contributed by atoms with Crippen molar-refractivity contribution in [2.24, 2.45) is 0 Å². The first-order valence-corrected chi connectivity index (χ1v) is 4.48. The van der Waals surface area contributed by atoms with Crippen molar-refractivity contribution in [2.75, 3.05) is 5.73 Å². The molecule has 0 amide bonds. The second-order valence-electron chi connectivity index (χ2n) is 3.34. The molecule has 2 aromatic rings. The summed E-state index contributed by atoms with van der Waals surface area (Å²) in [5, 5.41) is 3.95. The van der Waals surface area contributed by atoms with Crippen molar-refractivity contribution in [3.8, 4) is 11.3 Å². The summed E-state index contributed by atoms with van der Waals surface area (Å²) in [5.41, 5.74) is 9.58. The second-order valence-corrected chi connectivity index (χ2v) is 3.34. The molecule has 1 aromatic carbocycles. The van der Waals surface area contributed by atoms with Gasteiger partial charge >= 0.3 is 0 Å². The van der Waals surface area contributed by atoms with Gasteiger partial charge in [0.05, 0.1) is 0 Å². The summed E-state index contributed by atoms with van der Waals surface area (Å²) in [6.45, 7) is 3.95. The Morgan fingerprint density at radius 3 is 2.50 bits per heavy atom. The fourth-order valence-electron chi connectivity index (χ4n) is 1.44. The molecule has 1 aromatic heterocycles. The quantitative estimate of drug-likeness (QED) is 0.748. The number of nitrogen functional groups attached to an aromatic ring is 1. The third-order valence-corrected chi connectivity index (χ3v) is 2.36. The molecule has 0 saturated heterocycles. The van der Waals surface area contributed by atoms with E-state index in [1.165, 1.54) is 5.56 Å². The predicted molar refractivity (Wildman–Crippen MR) is 55.8 cm³/mol. The molecule has 72 valence electrons. The molecule has 0 atom stereocenters. The van der Waals surface area contributed by atoms with Crippen molar-refractivity contribution >= 4 is 5.88 Å². The van der Waals surface area contributed by atoms with Crippen LogP contribution in [0.25, 0.3) is 11.3 Å². The zero-order valence-corrected chi connectivity index (χ0v) is 8.24. The van der Waals surface area contributed by atoms with Gasteiger partial charge in [0, 0.05) is 11.1 Å². The molecule has 0 radical (unpaired) electrons. The van der Waals surface area contributed by atoms with E-state index in [1.807, 2.05) is 38.1 Å². The van der Waals surface area contributed by atoms with Crippen molar-refractivity contribution in [3.05, 3.63) is 35.4 Å². The number of aromatic nitrogens is 1. The number of hydrogen-bond acceptors (Lipinski definition) is 3. The summed E-state index contributed by atoms with van der Waals surface area (Å²) < 4.78 is 4.93. The molecule has 2 rings (SSSR count). The van der Waals surface area contributed by atoms with E-state index in [9.17, 15) is 0 Å². The van der Waals surface area contributed by atoms with Crippen LogP contribution in [0.3, 0.4) is 0 Å². The topological polar surface area (TPSA) is 52.0 Å². The number of rotatable bonds is 1. The summed E-state index contributed by atoms with van der Waals surface area (Å²) in [6.07, 6.45) is 0. The molecular formula is C11H12N2O. The fraction of sp³-hybridized carbons (Fsp3) is 0.182. The minimum absolute atomic E-state index is 0.392. The lowest BCUT2D eigenvalue weighted by atomic mass is 10.0. The molecule has 0 aliphatic rings. The molecule has 2 N–H and O–H groups in total. The van der Waals surface area contributed by atoms with E-state index in [-0.39, 0.29) is 0 Å². The van der Waals surface area contributed by atoms with Gasteiger partial charge in [0.2, 0.25) is 5.88 Å². The van der Waals surface area contributed by atoms with Gasteiger partial charge in [-0.1, -0.05) is 29.4 Å². The fourth-order valence-corrected chi connectivity index (χ4v) is 1.44. The zero-order chi connectivity index (χ0) is 10.1. The lowest BCUT2D eigenvalue weighted by Gasteiger charge is -2.01. The Balaban J connectivity index is 2.60. The van der Waals surface area contributed by atoms with Gasteiger partial charge in [-0.2, -0.15) is 0 Å². The predicted octanol–water partition coefficient (Wildman–Crippen LogP) is 2.54. The van der Waals surface area contributed by atoms with Crippen LogP contribution in [0.5, 0.6) is 0 Å². The highest BCUT2D eigenvalue weighted by Crippen LogP contribution is 2.28. The Morgan fingerprint density at radius 2 is 1.93 bits per heavy atom. The van der Waals surface area contributed by atoms with Gasteiger partial charge in [-0.15, -0.1) is 0 Å². The molecule has 0 bridgehead atoms. The summed E-state index contributed by atoms with van der Waals surface area (Å²) >= 11 is 0. The number of benzene rings is 1. The molecule has 1 heterocycles. The van der Waals surface area contributed by atoms with E-state index in [4.69, 9.17) is 10.3 Å². The third kappa shape index (κ3) is 1.27. The maximum Gasteiger partial charge on any atom is 0.225 e. The van der Waals surface area contributed by atoms with E-state index in [0.717, 1.165) is 16.8 Å². The maximum absolute atomic E-state index is 5.60. The van der Waals surface area contributed by atoms with Crippen LogP contribution in [-0.2, 0) is 0 Å². The molecule has 0 aliphatic heterocycles. The molecule has 14 heavy (non-hydrogen) atoms. The summed E-state index contributed by atoms with van der Waals surface area (Å²) in [5.74, 6) is 0.392. The van der Waals surface area contributed by atoms with Gasteiger partial charge in [0.1, 0.15) is 5.69 Å². The van der Waals surface area contributed by atoms with Gasteiger partial charge in [0.15, 0.2) is 0 Å². The Kier molecular flexibility index (Phi) is 2.00. The normalized spacial score (nSPS) is 10.4. The highest BCUT2D eigenvalue weighted by atomic mass is 16.5. The molecule has 0 unspecified atom stereocenters. The van der Waals surface area contributed by atoms with Crippen LogP contribution in [0.1, 0.15) is 11.1 Å². The number of hydrogen-bond donors (Lipinski definition) is 1. The van der Waals surface area contributed by atoms with Crippen molar-refractivity contribution in [1.29, 1.82) is 0 Å². The molecule has 0 spiro atoms. The van der Waals surface area contributed by atoms with Crippen LogP contribution in [-0.4, -0.2) is 5.16 Å². The average Bonchev–Trinajstić information content (AvgIpc) is 2.49. The molecule has 0 aliphatic carbocycles. The van der Waals surface area contributed by atoms with Crippen LogP contribution < -0.4 is 5.73 Å². The van der Waals surface area contributed by atoms with Crippen molar-refractivity contribution in [1.82, 2.24) is 5.16 Å². The standard InChI is InChI=1S/C11H12N2O/c1-7-5-3-4-6-9(7)10-8(2)11(12)14-13-10/h3-6H,12H2,1-2H3. The number of anilines is 1. The monoisotopic (exact) mass is 188 g/mol. The minimum Gasteiger partial charge on any atom is -0.367 e. The molecule has 3 heteroatoms. The number of nitrogens with zero attached hydrogens (tertiary/aromatic N) is 1. The van der Waals surface area contributed by atoms with Crippen LogP contribution >= 0.6 is 0 Å². The maximum atomic E-state index is 5.60. The van der Waals surface area contributed by atoms with E-state index < -0.39 is 0 Å². The zero-order valence-electron chi connectivity index (χ0n) is 8.24. The molecule has 0 fully saturated rings. The Hall–Kier alpha value is -1.77. The van der Waals surface area contributed by atoms with Gasteiger partial charge in [-0.3, -0.25) is 0 Å². The smallest absolute Gasteiger partial charge is 0.225 e. The lowest BCUT2D eigenvalue weighted by Crippen LogP contribution is -1.87. The van der Waals surface area contributed by atoms with Gasteiger partial charge in [-0.05, 0) is 19.4 Å². The molecule has 0 saturated carbocycles. The van der Waals surface area contributed by atoms with Gasteiger partial charge in [0.25, 0.3) is 0 Å². The van der Waals surface area contributed by atoms with E-state index in [2.05, 4.69) is 5.16 Å². The Morgan fingerprint density at radius 1 is 1.21 bits per heavy atom. The molecule has 3 nitrogen and oxygen atoms in total.